The van der Waals surface area contributed by atoms with Crippen LogP contribution in [0.2, 0.25) is 0 Å². The zero-order valence-corrected chi connectivity index (χ0v) is 13.9. The molecule has 0 aliphatic rings. The Morgan fingerprint density at radius 2 is 1.83 bits per heavy atom. The Kier molecular flexibility index (Phi) is 6.03. The van der Waals surface area contributed by atoms with Gasteiger partial charge in [0.2, 0.25) is 5.91 Å². The van der Waals surface area contributed by atoms with Crippen LogP contribution >= 0.6 is 0 Å². The van der Waals surface area contributed by atoms with Crippen molar-refractivity contribution >= 4 is 5.91 Å². The minimum atomic E-state index is -0.00456. The highest BCUT2D eigenvalue weighted by molar-refractivity contribution is 5.78. The van der Waals surface area contributed by atoms with E-state index in [0.29, 0.717) is 31.1 Å². The molecule has 0 radical (unpaired) electrons. The van der Waals surface area contributed by atoms with E-state index in [1.165, 1.54) is 0 Å². The average Bonchev–Trinajstić information content (AvgIpc) is 2.52. The van der Waals surface area contributed by atoms with Crippen molar-refractivity contribution in [1.29, 1.82) is 0 Å². The van der Waals surface area contributed by atoms with Crippen LogP contribution in [0.25, 0.3) is 0 Å². The standard InChI is InChI=1S/C19H23NO3/c1-14-5-4-6-16(11-14)13-19(21)20-9-10-23-17-8-7-15(2)12-18(17)22-3/h4-8,11-12H,9-10,13H2,1-3H3,(H,20,21). The van der Waals surface area contributed by atoms with Crippen LogP contribution in [0.4, 0.5) is 0 Å². The zero-order valence-electron chi connectivity index (χ0n) is 13.9. The van der Waals surface area contributed by atoms with Gasteiger partial charge in [-0.05, 0) is 37.1 Å². The van der Waals surface area contributed by atoms with Crippen molar-refractivity contribution < 1.29 is 14.3 Å². The molecule has 0 unspecified atom stereocenters. The van der Waals surface area contributed by atoms with Crippen LogP contribution in [0.1, 0.15) is 16.7 Å². The van der Waals surface area contributed by atoms with Gasteiger partial charge in [0.1, 0.15) is 6.61 Å². The summed E-state index contributed by atoms with van der Waals surface area (Å²) in [5, 5.41) is 2.86. The van der Waals surface area contributed by atoms with E-state index < -0.39 is 0 Å². The van der Waals surface area contributed by atoms with Crippen LogP contribution in [0, 0.1) is 13.8 Å². The molecule has 0 aliphatic heterocycles. The van der Waals surface area contributed by atoms with Gasteiger partial charge in [-0.25, -0.2) is 0 Å². The van der Waals surface area contributed by atoms with E-state index in [9.17, 15) is 4.79 Å². The van der Waals surface area contributed by atoms with Gasteiger partial charge < -0.3 is 14.8 Å². The van der Waals surface area contributed by atoms with Crippen LogP contribution in [-0.2, 0) is 11.2 Å². The Morgan fingerprint density at radius 3 is 2.57 bits per heavy atom. The SMILES string of the molecule is COc1cc(C)ccc1OCCNC(=O)Cc1cccc(C)c1. The van der Waals surface area contributed by atoms with Crippen LogP contribution in [0.5, 0.6) is 11.5 Å². The fourth-order valence-electron chi connectivity index (χ4n) is 2.32. The second kappa shape index (κ2) is 8.22. The van der Waals surface area contributed by atoms with Gasteiger partial charge in [0.25, 0.3) is 0 Å². The first-order valence-electron chi connectivity index (χ1n) is 7.68. The lowest BCUT2D eigenvalue weighted by molar-refractivity contribution is -0.120. The summed E-state index contributed by atoms with van der Waals surface area (Å²) in [4.78, 5) is 11.9. The summed E-state index contributed by atoms with van der Waals surface area (Å²) in [5.41, 5.74) is 3.29. The molecule has 0 bridgehead atoms. The van der Waals surface area contributed by atoms with E-state index in [4.69, 9.17) is 9.47 Å². The predicted octanol–water partition coefficient (Wildman–Crippen LogP) is 3.05. The normalized spacial score (nSPS) is 10.2. The van der Waals surface area contributed by atoms with E-state index in [0.717, 1.165) is 16.7 Å². The van der Waals surface area contributed by atoms with Gasteiger partial charge in [-0.3, -0.25) is 4.79 Å². The lowest BCUT2D eigenvalue weighted by Gasteiger charge is -2.12. The number of benzene rings is 2. The molecular weight excluding hydrogens is 290 g/mol. The molecular formula is C19H23NO3. The van der Waals surface area contributed by atoms with E-state index in [2.05, 4.69) is 5.32 Å². The number of nitrogens with one attached hydrogen (secondary N) is 1. The van der Waals surface area contributed by atoms with Gasteiger partial charge in [0, 0.05) is 0 Å². The Morgan fingerprint density at radius 1 is 1.04 bits per heavy atom. The number of carbonyl (C=O) groups is 1. The Balaban J connectivity index is 1.76. The van der Waals surface area contributed by atoms with E-state index in [1.54, 1.807) is 7.11 Å². The van der Waals surface area contributed by atoms with E-state index >= 15 is 0 Å². The summed E-state index contributed by atoms with van der Waals surface area (Å²) < 4.78 is 10.9. The molecule has 23 heavy (non-hydrogen) atoms. The van der Waals surface area contributed by atoms with E-state index in [-0.39, 0.29) is 5.91 Å². The molecule has 0 aromatic heterocycles. The lowest BCUT2D eigenvalue weighted by atomic mass is 10.1. The van der Waals surface area contributed by atoms with Gasteiger partial charge in [-0.15, -0.1) is 0 Å². The molecule has 1 amide bonds. The van der Waals surface area contributed by atoms with Crippen molar-refractivity contribution in [2.24, 2.45) is 0 Å². The molecule has 0 atom stereocenters. The maximum atomic E-state index is 11.9. The van der Waals surface area contributed by atoms with Gasteiger partial charge in [0.15, 0.2) is 11.5 Å². The van der Waals surface area contributed by atoms with Crippen LogP contribution in [-0.4, -0.2) is 26.2 Å². The number of ether oxygens (including phenoxy) is 2. The first kappa shape index (κ1) is 16.9. The molecule has 0 heterocycles. The predicted molar refractivity (Wildman–Crippen MR) is 91.1 cm³/mol. The minimum Gasteiger partial charge on any atom is -0.493 e. The van der Waals surface area contributed by atoms with Gasteiger partial charge in [-0.1, -0.05) is 35.9 Å². The van der Waals surface area contributed by atoms with Crippen LogP contribution in [0.3, 0.4) is 0 Å². The number of rotatable bonds is 7. The third kappa shape index (κ3) is 5.33. The highest BCUT2D eigenvalue weighted by Gasteiger charge is 2.06. The second-order valence-electron chi connectivity index (χ2n) is 5.52. The second-order valence-corrected chi connectivity index (χ2v) is 5.52. The lowest BCUT2D eigenvalue weighted by Crippen LogP contribution is -2.29. The van der Waals surface area contributed by atoms with Crippen molar-refractivity contribution in [3.05, 3.63) is 59.2 Å². The summed E-state index contributed by atoms with van der Waals surface area (Å²) in [6.07, 6.45) is 0.384. The quantitative estimate of drug-likeness (QED) is 0.799. The molecule has 0 aliphatic carbocycles. The van der Waals surface area contributed by atoms with Crippen molar-refractivity contribution in [2.75, 3.05) is 20.3 Å². The minimum absolute atomic E-state index is 0.00456. The first-order valence-corrected chi connectivity index (χ1v) is 7.68. The summed E-state index contributed by atoms with van der Waals surface area (Å²) in [7, 11) is 1.62. The molecule has 2 aromatic rings. The fourth-order valence-corrected chi connectivity index (χ4v) is 2.32. The summed E-state index contributed by atoms with van der Waals surface area (Å²) >= 11 is 0. The largest absolute Gasteiger partial charge is 0.493 e. The fraction of sp³-hybridized carbons (Fsp3) is 0.316. The van der Waals surface area contributed by atoms with Crippen LogP contribution < -0.4 is 14.8 Å². The number of amides is 1. The van der Waals surface area contributed by atoms with Crippen molar-refractivity contribution in [3.8, 4) is 11.5 Å². The molecule has 4 nitrogen and oxygen atoms in total. The molecule has 1 N–H and O–H groups in total. The molecule has 122 valence electrons. The Bertz CT molecular complexity index is 667. The average molecular weight is 313 g/mol. The molecule has 4 heteroatoms. The number of carbonyl (C=O) groups excluding carboxylic acids is 1. The maximum absolute atomic E-state index is 11.9. The van der Waals surface area contributed by atoms with Crippen molar-refractivity contribution in [1.82, 2.24) is 5.32 Å². The highest BCUT2D eigenvalue weighted by atomic mass is 16.5. The van der Waals surface area contributed by atoms with Gasteiger partial charge in [0.05, 0.1) is 20.1 Å². The molecule has 0 spiro atoms. The van der Waals surface area contributed by atoms with E-state index in [1.807, 2.05) is 56.3 Å². The van der Waals surface area contributed by atoms with Gasteiger partial charge >= 0.3 is 0 Å². The molecule has 2 rings (SSSR count). The van der Waals surface area contributed by atoms with Gasteiger partial charge in [-0.2, -0.15) is 0 Å². The Labute approximate surface area is 137 Å². The third-order valence-electron chi connectivity index (χ3n) is 3.45. The number of aryl methyl sites for hydroxylation is 2. The first-order chi connectivity index (χ1) is 11.1. The molecule has 0 saturated heterocycles. The molecule has 2 aromatic carbocycles. The monoisotopic (exact) mass is 313 g/mol. The summed E-state index contributed by atoms with van der Waals surface area (Å²) in [6.45, 7) is 4.88. The number of hydrogen-bond donors (Lipinski definition) is 1. The molecule has 0 fully saturated rings. The zero-order chi connectivity index (χ0) is 16.7. The summed E-state index contributed by atoms with van der Waals surface area (Å²) in [5.74, 6) is 1.39. The third-order valence-corrected chi connectivity index (χ3v) is 3.45. The topological polar surface area (TPSA) is 47.6 Å². The van der Waals surface area contributed by atoms with Crippen molar-refractivity contribution in [2.45, 2.75) is 20.3 Å². The van der Waals surface area contributed by atoms with Crippen LogP contribution in [0.15, 0.2) is 42.5 Å². The smallest absolute Gasteiger partial charge is 0.224 e. The maximum Gasteiger partial charge on any atom is 0.224 e. The van der Waals surface area contributed by atoms with Crippen molar-refractivity contribution in [3.63, 3.8) is 0 Å². The molecule has 0 saturated carbocycles. The Hall–Kier alpha value is -2.49. The summed E-state index contributed by atoms with van der Waals surface area (Å²) in [6, 6.07) is 13.7. The number of methoxy groups -OCH3 is 1. The number of hydrogen-bond acceptors (Lipinski definition) is 3. The highest BCUT2D eigenvalue weighted by Crippen LogP contribution is 2.27.